The van der Waals surface area contributed by atoms with Gasteiger partial charge in [0.05, 0.1) is 6.26 Å². The van der Waals surface area contributed by atoms with Gasteiger partial charge >= 0.3 is 0 Å². The molecule has 1 heterocycles. The Morgan fingerprint density at radius 2 is 2.09 bits per heavy atom. The van der Waals surface area contributed by atoms with Crippen molar-refractivity contribution in [2.75, 3.05) is 5.32 Å². The molecule has 1 amide bonds. The third-order valence-corrected chi connectivity index (χ3v) is 3.74. The van der Waals surface area contributed by atoms with Crippen LogP contribution >= 0.6 is 12.2 Å². The average Bonchev–Trinajstić information content (AvgIpc) is 3.06. The number of carbonyl (C=O) groups is 1. The lowest BCUT2D eigenvalue weighted by atomic mass is 9.97. The maximum absolute atomic E-state index is 11.8. The van der Waals surface area contributed by atoms with E-state index < -0.39 is 0 Å². The molecule has 0 aliphatic rings. The molecule has 5 heteroatoms. The van der Waals surface area contributed by atoms with Crippen LogP contribution in [0.5, 0.6) is 0 Å². The van der Waals surface area contributed by atoms with Crippen molar-refractivity contribution in [3.63, 3.8) is 0 Å². The standard InChI is InChI=1S/C18H20N2O2S/c1-3-13(2)15-8-4-5-9-16(15)19-18(23)20-17(21)11-10-14-7-6-12-22-14/h4-13H,3H2,1-2H3,(H2,19,20,21,23)/b11-10-/t13-/m0/s1. The SMILES string of the molecule is CC[C@H](C)c1ccccc1NC(=S)NC(=O)/C=C\c1ccco1. The summed E-state index contributed by atoms with van der Waals surface area (Å²) in [5, 5.41) is 5.99. The minimum absolute atomic E-state index is 0.273. The van der Waals surface area contributed by atoms with E-state index in [1.54, 1.807) is 24.5 Å². The number of thiocarbonyl (C=S) groups is 1. The fourth-order valence-electron chi connectivity index (χ4n) is 2.11. The molecule has 2 aromatic rings. The lowest BCUT2D eigenvalue weighted by Crippen LogP contribution is -2.33. The van der Waals surface area contributed by atoms with Gasteiger partial charge in [0.1, 0.15) is 5.76 Å². The molecule has 0 bridgehead atoms. The number of amides is 1. The van der Waals surface area contributed by atoms with Gasteiger partial charge in [0.25, 0.3) is 0 Å². The number of benzene rings is 1. The molecular weight excluding hydrogens is 308 g/mol. The molecular formula is C18H20N2O2S. The Balaban J connectivity index is 1.96. The fraction of sp³-hybridized carbons (Fsp3) is 0.222. The largest absolute Gasteiger partial charge is 0.465 e. The van der Waals surface area contributed by atoms with E-state index in [1.165, 1.54) is 11.6 Å². The van der Waals surface area contributed by atoms with Crippen molar-refractivity contribution in [1.82, 2.24) is 5.32 Å². The Morgan fingerprint density at radius 1 is 1.30 bits per heavy atom. The third-order valence-electron chi connectivity index (χ3n) is 3.53. The van der Waals surface area contributed by atoms with E-state index in [9.17, 15) is 4.79 Å². The lowest BCUT2D eigenvalue weighted by Gasteiger charge is -2.16. The van der Waals surface area contributed by atoms with Gasteiger partial charge < -0.3 is 9.73 Å². The second-order valence-corrected chi connectivity index (χ2v) is 5.60. The molecule has 0 aliphatic carbocycles. The normalized spacial score (nSPS) is 12.1. The first-order valence-electron chi connectivity index (χ1n) is 7.52. The minimum atomic E-state index is -0.306. The smallest absolute Gasteiger partial charge is 0.250 e. The van der Waals surface area contributed by atoms with Crippen LogP contribution in [-0.2, 0) is 4.79 Å². The van der Waals surface area contributed by atoms with Crippen LogP contribution in [-0.4, -0.2) is 11.0 Å². The summed E-state index contributed by atoms with van der Waals surface area (Å²) >= 11 is 5.21. The average molecular weight is 328 g/mol. The lowest BCUT2D eigenvalue weighted by molar-refractivity contribution is -0.115. The molecule has 0 saturated heterocycles. The number of para-hydroxylation sites is 1. The van der Waals surface area contributed by atoms with Crippen LogP contribution in [0.2, 0.25) is 0 Å². The van der Waals surface area contributed by atoms with E-state index in [-0.39, 0.29) is 11.0 Å². The van der Waals surface area contributed by atoms with E-state index >= 15 is 0 Å². The highest BCUT2D eigenvalue weighted by atomic mass is 32.1. The van der Waals surface area contributed by atoms with Crippen LogP contribution in [0, 0.1) is 0 Å². The Kier molecular flexibility index (Phi) is 6.11. The van der Waals surface area contributed by atoms with Gasteiger partial charge in [-0.15, -0.1) is 0 Å². The van der Waals surface area contributed by atoms with Crippen LogP contribution in [0.3, 0.4) is 0 Å². The van der Waals surface area contributed by atoms with Crippen molar-refractivity contribution in [2.45, 2.75) is 26.2 Å². The van der Waals surface area contributed by atoms with E-state index in [0.29, 0.717) is 11.7 Å². The van der Waals surface area contributed by atoms with Crippen molar-refractivity contribution in [2.24, 2.45) is 0 Å². The van der Waals surface area contributed by atoms with Crippen molar-refractivity contribution in [3.8, 4) is 0 Å². The first-order valence-corrected chi connectivity index (χ1v) is 7.93. The molecule has 0 saturated carbocycles. The number of furan rings is 1. The number of anilines is 1. The molecule has 2 rings (SSSR count). The highest BCUT2D eigenvalue weighted by Crippen LogP contribution is 2.26. The van der Waals surface area contributed by atoms with Gasteiger partial charge in [-0.2, -0.15) is 0 Å². The van der Waals surface area contributed by atoms with E-state index in [0.717, 1.165) is 12.1 Å². The molecule has 0 unspecified atom stereocenters. The van der Waals surface area contributed by atoms with Crippen molar-refractivity contribution < 1.29 is 9.21 Å². The molecule has 0 spiro atoms. The summed E-state index contributed by atoms with van der Waals surface area (Å²) < 4.78 is 5.12. The summed E-state index contributed by atoms with van der Waals surface area (Å²) in [6.07, 6.45) is 5.55. The first kappa shape index (κ1) is 17.0. The summed E-state index contributed by atoms with van der Waals surface area (Å²) in [6.45, 7) is 4.30. The fourth-order valence-corrected chi connectivity index (χ4v) is 2.32. The van der Waals surface area contributed by atoms with Crippen molar-refractivity contribution in [3.05, 3.63) is 60.1 Å². The van der Waals surface area contributed by atoms with Crippen molar-refractivity contribution in [1.29, 1.82) is 0 Å². The molecule has 1 aromatic heterocycles. The minimum Gasteiger partial charge on any atom is -0.465 e. The van der Waals surface area contributed by atoms with E-state index in [1.807, 2.05) is 18.2 Å². The molecule has 2 N–H and O–H groups in total. The Hall–Kier alpha value is -2.40. The van der Waals surface area contributed by atoms with Crippen LogP contribution in [0.25, 0.3) is 6.08 Å². The molecule has 0 radical (unpaired) electrons. The number of carbonyl (C=O) groups excluding carboxylic acids is 1. The quantitative estimate of drug-likeness (QED) is 0.634. The summed E-state index contributed by atoms with van der Waals surface area (Å²) in [4.78, 5) is 11.8. The maximum atomic E-state index is 11.8. The van der Waals surface area contributed by atoms with Gasteiger partial charge in [-0.05, 0) is 54.4 Å². The number of rotatable bonds is 5. The van der Waals surface area contributed by atoms with E-state index in [4.69, 9.17) is 16.6 Å². The van der Waals surface area contributed by atoms with Gasteiger partial charge in [0, 0.05) is 11.8 Å². The van der Waals surface area contributed by atoms with Crippen LogP contribution < -0.4 is 10.6 Å². The topological polar surface area (TPSA) is 54.3 Å². The van der Waals surface area contributed by atoms with Crippen molar-refractivity contribution >= 4 is 35.0 Å². The summed E-state index contributed by atoms with van der Waals surface area (Å²) in [5.74, 6) is 0.720. The number of hydrogen-bond acceptors (Lipinski definition) is 3. The molecule has 23 heavy (non-hydrogen) atoms. The van der Waals surface area contributed by atoms with Crippen LogP contribution in [0.4, 0.5) is 5.69 Å². The third kappa shape index (κ3) is 5.07. The molecule has 1 atom stereocenters. The maximum Gasteiger partial charge on any atom is 0.250 e. The predicted molar refractivity (Wildman–Crippen MR) is 97.3 cm³/mol. The highest BCUT2D eigenvalue weighted by Gasteiger charge is 2.10. The zero-order valence-electron chi connectivity index (χ0n) is 13.2. The molecule has 0 fully saturated rings. The first-order chi connectivity index (χ1) is 11.1. The molecule has 0 aliphatic heterocycles. The van der Waals surface area contributed by atoms with Gasteiger partial charge in [0.2, 0.25) is 5.91 Å². The summed E-state index contributed by atoms with van der Waals surface area (Å²) in [6, 6.07) is 11.5. The summed E-state index contributed by atoms with van der Waals surface area (Å²) in [7, 11) is 0. The second kappa shape index (κ2) is 8.29. The van der Waals surface area contributed by atoms with Crippen LogP contribution in [0.15, 0.2) is 53.2 Å². The molecule has 120 valence electrons. The summed E-state index contributed by atoms with van der Waals surface area (Å²) in [5.41, 5.74) is 2.10. The molecule has 1 aromatic carbocycles. The monoisotopic (exact) mass is 328 g/mol. The van der Waals surface area contributed by atoms with Gasteiger partial charge in [-0.3, -0.25) is 10.1 Å². The van der Waals surface area contributed by atoms with Gasteiger partial charge in [-0.1, -0.05) is 32.0 Å². The predicted octanol–water partition coefficient (Wildman–Crippen LogP) is 4.32. The Labute approximate surface area is 141 Å². The highest BCUT2D eigenvalue weighted by molar-refractivity contribution is 7.80. The zero-order chi connectivity index (χ0) is 16.7. The van der Waals surface area contributed by atoms with Crippen LogP contribution in [0.1, 0.15) is 37.5 Å². The van der Waals surface area contributed by atoms with Gasteiger partial charge in [-0.25, -0.2) is 0 Å². The Bertz CT molecular complexity index is 693. The van der Waals surface area contributed by atoms with Gasteiger partial charge in [0.15, 0.2) is 5.11 Å². The Morgan fingerprint density at radius 3 is 2.78 bits per heavy atom. The molecule has 4 nitrogen and oxygen atoms in total. The zero-order valence-corrected chi connectivity index (χ0v) is 14.0. The number of nitrogens with one attached hydrogen (secondary N) is 2. The second-order valence-electron chi connectivity index (χ2n) is 5.19. The van der Waals surface area contributed by atoms with E-state index in [2.05, 4.69) is 30.5 Å². The number of hydrogen-bond donors (Lipinski definition) is 2.